The zero-order valence-electron chi connectivity index (χ0n) is 9.78. The first-order chi connectivity index (χ1) is 7.75. The Balaban J connectivity index is 1.94. The molecule has 0 N–H and O–H groups in total. The first-order valence-electron chi connectivity index (χ1n) is 5.95. The maximum absolute atomic E-state index is 11.4. The molecule has 0 amide bonds. The second-order valence-corrected chi connectivity index (χ2v) is 4.42. The molecule has 2 rings (SSSR count). The van der Waals surface area contributed by atoms with E-state index < -0.39 is 0 Å². The molecule has 1 aliphatic rings. The molecule has 0 unspecified atom stereocenters. The first kappa shape index (κ1) is 11.1. The highest BCUT2D eigenvalue weighted by molar-refractivity contribution is 5.90. The van der Waals surface area contributed by atoms with E-state index in [1.54, 1.807) is 0 Å². The molecular formula is C13H18N2O. The van der Waals surface area contributed by atoms with Gasteiger partial charge < -0.3 is 0 Å². The molecule has 1 aromatic rings. The minimum Gasteiger partial charge on any atom is -0.295 e. The first-order valence-corrected chi connectivity index (χ1v) is 5.95. The second-order valence-electron chi connectivity index (χ2n) is 4.42. The molecule has 0 aromatic carbocycles. The number of allylic oxidation sites excluding steroid dienone is 2. The largest absolute Gasteiger partial charge is 0.295 e. The summed E-state index contributed by atoms with van der Waals surface area (Å²) in [5, 5.41) is 4.14. The summed E-state index contributed by atoms with van der Waals surface area (Å²) >= 11 is 0. The summed E-state index contributed by atoms with van der Waals surface area (Å²) in [5.41, 5.74) is 2.54. The third-order valence-corrected chi connectivity index (χ3v) is 3.16. The van der Waals surface area contributed by atoms with E-state index in [1.165, 1.54) is 11.3 Å². The third-order valence-electron chi connectivity index (χ3n) is 3.16. The summed E-state index contributed by atoms with van der Waals surface area (Å²) in [4.78, 5) is 11.4. The lowest BCUT2D eigenvalue weighted by Gasteiger charge is -2.05. The average molecular weight is 218 g/mol. The third kappa shape index (κ3) is 2.81. The van der Waals surface area contributed by atoms with E-state index in [0.717, 1.165) is 38.5 Å². The molecule has 0 saturated heterocycles. The van der Waals surface area contributed by atoms with Gasteiger partial charge in [-0.3, -0.25) is 9.48 Å². The number of ketones is 1. The van der Waals surface area contributed by atoms with Crippen molar-refractivity contribution in [1.82, 2.24) is 9.78 Å². The summed E-state index contributed by atoms with van der Waals surface area (Å²) in [5.74, 6) is 0.303. The maximum atomic E-state index is 11.4. The molecule has 0 saturated carbocycles. The summed E-state index contributed by atoms with van der Waals surface area (Å²) in [7, 11) is 1.96. The van der Waals surface area contributed by atoms with Gasteiger partial charge in [-0.15, -0.1) is 0 Å². The highest BCUT2D eigenvalue weighted by atomic mass is 16.1. The Bertz CT molecular complexity index is 404. The average Bonchev–Trinajstić information content (AvgIpc) is 2.54. The Morgan fingerprint density at radius 2 is 2.12 bits per heavy atom. The number of rotatable bonds is 3. The lowest BCUT2D eigenvalue weighted by molar-refractivity contribution is -0.114. The SMILES string of the molecule is Cn1nccc1CCC1=CC(=O)CCCC1. The molecule has 16 heavy (non-hydrogen) atoms. The van der Waals surface area contributed by atoms with Crippen molar-refractivity contribution in [3.05, 3.63) is 29.6 Å². The summed E-state index contributed by atoms with van der Waals surface area (Å²) < 4.78 is 1.90. The highest BCUT2D eigenvalue weighted by Crippen LogP contribution is 2.19. The predicted molar refractivity (Wildman–Crippen MR) is 63.1 cm³/mol. The monoisotopic (exact) mass is 218 g/mol. The molecule has 1 heterocycles. The molecule has 1 aromatic heterocycles. The van der Waals surface area contributed by atoms with Gasteiger partial charge in [0.2, 0.25) is 0 Å². The van der Waals surface area contributed by atoms with Gasteiger partial charge in [-0.05, 0) is 44.2 Å². The van der Waals surface area contributed by atoms with Crippen LogP contribution in [0.1, 0.15) is 37.8 Å². The molecule has 1 aliphatic carbocycles. The van der Waals surface area contributed by atoms with Gasteiger partial charge in [-0.1, -0.05) is 5.57 Å². The molecule has 86 valence electrons. The Kier molecular flexibility index (Phi) is 3.54. The van der Waals surface area contributed by atoms with Crippen LogP contribution in [0.15, 0.2) is 23.9 Å². The topological polar surface area (TPSA) is 34.9 Å². The number of nitrogens with zero attached hydrogens (tertiary/aromatic N) is 2. The van der Waals surface area contributed by atoms with Crippen LogP contribution in [0.2, 0.25) is 0 Å². The van der Waals surface area contributed by atoms with Crippen LogP contribution in [0, 0.1) is 0 Å². The van der Waals surface area contributed by atoms with E-state index in [-0.39, 0.29) is 0 Å². The van der Waals surface area contributed by atoms with Crippen molar-refractivity contribution >= 4 is 5.78 Å². The number of hydrogen-bond acceptors (Lipinski definition) is 2. The van der Waals surface area contributed by atoms with Crippen molar-refractivity contribution in [2.24, 2.45) is 7.05 Å². The van der Waals surface area contributed by atoms with Crippen molar-refractivity contribution in [3.8, 4) is 0 Å². The molecule has 3 nitrogen and oxygen atoms in total. The fourth-order valence-electron chi connectivity index (χ4n) is 2.16. The number of aryl methyl sites for hydroxylation is 2. The van der Waals surface area contributed by atoms with Gasteiger partial charge in [0.25, 0.3) is 0 Å². The number of carbonyl (C=O) groups is 1. The van der Waals surface area contributed by atoms with E-state index in [9.17, 15) is 4.79 Å². The quantitative estimate of drug-likeness (QED) is 0.781. The van der Waals surface area contributed by atoms with Gasteiger partial charge in [0, 0.05) is 25.4 Å². The summed E-state index contributed by atoms with van der Waals surface area (Å²) in [6.45, 7) is 0. The zero-order chi connectivity index (χ0) is 11.4. The van der Waals surface area contributed by atoms with Crippen molar-refractivity contribution in [2.75, 3.05) is 0 Å². The predicted octanol–water partition coefficient (Wildman–Crippen LogP) is 2.42. The molecule has 0 atom stereocenters. The van der Waals surface area contributed by atoms with Gasteiger partial charge in [-0.25, -0.2) is 0 Å². The normalized spacial score (nSPS) is 17.1. The lowest BCUT2D eigenvalue weighted by Crippen LogP contribution is -1.99. The van der Waals surface area contributed by atoms with E-state index >= 15 is 0 Å². The van der Waals surface area contributed by atoms with Gasteiger partial charge >= 0.3 is 0 Å². The summed E-state index contributed by atoms with van der Waals surface area (Å²) in [6.07, 6.45) is 9.68. The van der Waals surface area contributed by atoms with Crippen LogP contribution in [0.5, 0.6) is 0 Å². The Morgan fingerprint density at radius 1 is 1.31 bits per heavy atom. The van der Waals surface area contributed by atoms with E-state index in [4.69, 9.17) is 0 Å². The maximum Gasteiger partial charge on any atom is 0.155 e. The van der Waals surface area contributed by atoms with Crippen LogP contribution in [-0.2, 0) is 18.3 Å². The van der Waals surface area contributed by atoms with Gasteiger partial charge in [0.05, 0.1) is 0 Å². The van der Waals surface area contributed by atoms with Gasteiger partial charge in [-0.2, -0.15) is 5.10 Å². The molecule has 0 spiro atoms. The molecule has 0 radical (unpaired) electrons. The minimum atomic E-state index is 0.303. The number of aromatic nitrogens is 2. The molecule has 0 aliphatic heterocycles. The minimum absolute atomic E-state index is 0.303. The Hall–Kier alpha value is -1.38. The molecular weight excluding hydrogens is 200 g/mol. The molecule has 0 fully saturated rings. The van der Waals surface area contributed by atoms with Gasteiger partial charge in [0.15, 0.2) is 5.78 Å². The van der Waals surface area contributed by atoms with Crippen LogP contribution in [-0.4, -0.2) is 15.6 Å². The molecule has 0 bridgehead atoms. The van der Waals surface area contributed by atoms with Crippen LogP contribution >= 0.6 is 0 Å². The van der Waals surface area contributed by atoms with Crippen molar-refractivity contribution in [3.63, 3.8) is 0 Å². The zero-order valence-corrected chi connectivity index (χ0v) is 9.78. The number of carbonyl (C=O) groups excluding carboxylic acids is 1. The Labute approximate surface area is 96.2 Å². The van der Waals surface area contributed by atoms with Crippen LogP contribution in [0.3, 0.4) is 0 Å². The van der Waals surface area contributed by atoms with Crippen LogP contribution < -0.4 is 0 Å². The van der Waals surface area contributed by atoms with E-state index in [2.05, 4.69) is 5.10 Å². The fraction of sp³-hybridized carbons (Fsp3) is 0.538. The van der Waals surface area contributed by atoms with E-state index in [1.807, 2.05) is 30.1 Å². The van der Waals surface area contributed by atoms with Crippen LogP contribution in [0.25, 0.3) is 0 Å². The lowest BCUT2D eigenvalue weighted by atomic mass is 10.0. The molecule has 3 heteroatoms. The van der Waals surface area contributed by atoms with E-state index in [0.29, 0.717) is 5.78 Å². The second kappa shape index (κ2) is 5.10. The smallest absolute Gasteiger partial charge is 0.155 e. The van der Waals surface area contributed by atoms with Gasteiger partial charge in [0.1, 0.15) is 0 Å². The van der Waals surface area contributed by atoms with Crippen molar-refractivity contribution in [1.29, 1.82) is 0 Å². The fourth-order valence-corrected chi connectivity index (χ4v) is 2.16. The van der Waals surface area contributed by atoms with Crippen molar-refractivity contribution < 1.29 is 4.79 Å². The van der Waals surface area contributed by atoms with Crippen LogP contribution in [0.4, 0.5) is 0 Å². The summed E-state index contributed by atoms with van der Waals surface area (Å²) in [6, 6.07) is 2.04. The Morgan fingerprint density at radius 3 is 2.88 bits per heavy atom. The number of hydrogen-bond donors (Lipinski definition) is 0. The van der Waals surface area contributed by atoms with Crippen molar-refractivity contribution in [2.45, 2.75) is 38.5 Å². The highest BCUT2D eigenvalue weighted by Gasteiger charge is 2.09. The standard InChI is InChI=1S/C13H18N2O/c1-15-12(8-9-14-15)7-6-11-4-2-3-5-13(16)10-11/h8-10H,2-7H2,1H3.